The number of carbonyl (C=O) groups excluding carboxylic acids is 1. The number of hydrogen-bond acceptors (Lipinski definition) is 5. The van der Waals surface area contributed by atoms with E-state index < -0.39 is 12.2 Å². The van der Waals surface area contributed by atoms with Crippen LogP contribution in [0.15, 0.2) is 24.3 Å². The second-order valence-electron chi connectivity index (χ2n) is 3.90. The van der Waals surface area contributed by atoms with E-state index in [2.05, 4.69) is 0 Å². The van der Waals surface area contributed by atoms with Crippen molar-refractivity contribution in [2.75, 3.05) is 6.61 Å². The van der Waals surface area contributed by atoms with Crippen LogP contribution in [-0.2, 0) is 0 Å². The van der Waals surface area contributed by atoms with Crippen LogP contribution in [0.25, 0.3) is 0 Å². The van der Waals surface area contributed by atoms with Gasteiger partial charge in [-0.15, -0.1) is 0 Å². The van der Waals surface area contributed by atoms with Crippen LogP contribution in [0, 0.1) is 11.3 Å². The van der Waals surface area contributed by atoms with Gasteiger partial charge < -0.3 is 15.3 Å². The second-order valence-corrected chi connectivity index (χ2v) is 3.90. The molecule has 0 fully saturated rings. The van der Waals surface area contributed by atoms with E-state index in [0.29, 0.717) is 11.1 Å². The summed E-state index contributed by atoms with van der Waals surface area (Å²) in [5, 5.41) is 36.3. The van der Waals surface area contributed by atoms with E-state index in [1.165, 1.54) is 24.3 Å². The summed E-state index contributed by atoms with van der Waals surface area (Å²) in [5.74, 6) is -0.283. The van der Waals surface area contributed by atoms with Crippen molar-refractivity contribution in [2.24, 2.45) is 0 Å². The monoisotopic (exact) mass is 249 g/mol. The number of nitriles is 1. The van der Waals surface area contributed by atoms with E-state index in [1.54, 1.807) is 6.07 Å². The summed E-state index contributed by atoms with van der Waals surface area (Å²) in [4.78, 5) is 11.4. The molecule has 3 N–H and O–H groups in total. The van der Waals surface area contributed by atoms with E-state index >= 15 is 0 Å². The Labute approximate surface area is 105 Å². The third kappa shape index (κ3) is 3.64. The van der Waals surface area contributed by atoms with Crippen molar-refractivity contribution in [1.29, 1.82) is 5.26 Å². The normalized spacial score (nSPS) is 13.7. The molecule has 2 atom stereocenters. The van der Waals surface area contributed by atoms with Gasteiger partial charge in [-0.1, -0.05) is 24.3 Å². The maximum Gasteiger partial charge on any atom is 0.176 e. The van der Waals surface area contributed by atoms with Gasteiger partial charge >= 0.3 is 0 Å². The molecule has 18 heavy (non-hydrogen) atoms. The number of nitrogens with zero attached hydrogens (tertiary/aromatic N) is 1. The van der Waals surface area contributed by atoms with E-state index in [1.807, 2.05) is 0 Å². The van der Waals surface area contributed by atoms with Crippen LogP contribution < -0.4 is 0 Å². The van der Waals surface area contributed by atoms with Crippen LogP contribution in [-0.4, -0.2) is 33.8 Å². The molecule has 2 unspecified atom stereocenters. The van der Waals surface area contributed by atoms with Crippen LogP contribution in [0.2, 0.25) is 0 Å². The summed E-state index contributed by atoms with van der Waals surface area (Å²) in [6, 6.07) is 7.83. The van der Waals surface area contributed by atoms with Crippen molar-refractivity contribution in [3.63, 3.8) is 0 Å². The van der Waals surface area contributed by atoms with E-state index in [-0.39, 0.29) is 25.2 Å². The van der Waals surface area contributed by atoms with Crippen molar-refractivity contribution in [3.05, 3.63) is 35.4 Å². The molecule has 0 aliphatic carbocycles. The molecule has 96 valence electrons. The number of benzene rings is 1. The van der Waals surface area contributed by atoms with E-state index in [9.17, 15) is 15.0 Å². The van der Waals surface area contributed by atoms with Crippen LogP contribution in [0.1, 0.15) is 34.9 Å². The Morgan fingerprint density at radius 2 is 1.89 bits per heavy atom. The molecule has 0 saturated heterocycles. The minimum absolute atomic E-state index is 0.0796. The average molecular weight is 249 g/mol. The predicted octanol–water partition coefficient (Wildman–Crippen LogP) is 0.560. The average Bonchev–Trinajstić information content (AvgIpc) is 2.38. The molecule has 0 aromatic heterocycles. The van der Waals surface area contributed by atoms with E-state index in [4.69, 9.17) is 10.4 Å². The zero-order chi connectivity index (χ0) is 13.5. The molecule has 0 radical (unpaired) electrons. The van der Waals surface area contributed by atoms with Gasteiger partial charge in [-0.25, -0.2) is 0 Å². The first-order chi connectivity index (χ1) is 8.60. The topological polar surface area (TPSA) is 102 Å². The van der Waals surface area contributed by atoms with Crippen LogP contribution >= 0.6 is 0 Å². The van der Waals surface area contributed by atoms with Gasteiger partial charge in [0.05, 0.1) is 18.6 Å². The summed E-state index contributed by atoms with van der Waals surface area (Å²) in [6.07, 6.45) is -2.25. The van der Waals surface area contributed by atoms with Crippen LogP contribution in [0.4, 0.5) is 0 Å². The van der Waals surface area contributed by atoms with Gasteiger partial charge in [0, 0.05) is 12.2 Å². The molecule has 0 heterocycles. The highest BCUT2D eigenvalue weighted by Crippen LogP contribution is 2.19. The van der Waals surface area contributed by atoms with Crippen LogP contribution in [0.3, 0.4) is 0 Å². The molecule has 5 heteroatoms. The Balaban J connectivity index is 2.76. The summed E-state index contributed by atoms with van der Waals surface area (Å²) in [6.45, 7) is -0.211. The summed E-state index contributed by atoms with van der Waals surface area (Å²) in [5.41, 5.74) is 0.855. The smallest absolute Gasteiger partial charge is 0.176 e. The van der Waals surface area contributed by atoms with Crippen molar-refractivity contribution in [1.82, 2.24) is 0 Å². The first kappa shape index (κ1) is 14.3. The predicted molar refractivity (Wildman–Crippen MR) is 63.7 cm³/mol. The highest BCUT2D eigenvalue weighted by Gasteiger charge is 2.18. The summed E-state index contributed by atoms with van der Waals surface area (Å²) >= 11 is 0. The van der Waals surface area contributed by atoms with Gasteiger partial charge in [0.2, 0.25) is 0 Å². The molecule has 0 bridgehead atoms. The molecule has 0 amide bonds. The third-order valence-corrected chi connectivity index (χ3v) is 2.60. The van der Waals surface area contributed by atoms with Gasteiger partial charge in [0.15, 0.2) is 5.78 Å². The van der Waals surface area contributed by atoms with Gasteiger partial charge in [-0.3, -0.25) is 4.79 Å². The fourth-order valence-corrected chi connectivity index (χ4v) is 1.55. The third-order valence-electron chi connectivity index (χ3n) is 2.60. The number of aliphatic hydroxyl groups excluding tert-OH is 3. The Kier molecular flexibility index (Phi) is 5.46. The lowest BCUT2D eigenvalue weighted by atomic mass is 9.99. The number of hydrogen-bond donors (Lipinski definition) is 3. The molecule has 0 spiro atoms. The van der Waals surface area contributed by atoms with Crippen molar-refractivity contribution in [3.8, 4) is 6.07 Å². The lowest BCUT2D eigenvalue weighted by molar-refractivity contribution is 0.00421. The zero-order valence-corrected chi connectivity index (χ0v) is 9.78. The first-order valence-corrected chi connectivity index (χ1v) is 5.57. The minimum atomic E-state index is -1.10. The molecule has 1 aromatic rings. The number of rotatable bonds is 6. The molecule has 5 nitrogen and oxygen atoms in total. The summed E-state index contributed by atoms with van der Waals surface area (Å²) in [7, 11) is 0. The lowest BCUT2D eigenvalue weighted by Gasteiger charge is -2.17. The Bertz CT molecular complexity index is 435. The van der Waals surface area contributed by atoms with Crippen molar-refractivity contribution < 1.29 is 20.1 Å². The van der Waals surface area contributed by atoms with Crippen LogP contribution in [0.5, 0.6) is 0 Å². The number of carbonyl (C=O) groups is 1. The van der Waals surface area contributed by atoms with Gasteiger partial charge in [0.1, 0.15) is 6.10 Å². The molecule has 0 aliphatic heterocycles. The Morgan fingerprint density at radius 1 is 1.28 bits per heavy atom. The SMILES string of the molecule is N#CCC(=O)c1ccc(C(O)C(O)CCO)cc1. The summed E-state index contributed by atoms with van der Waals surface area (Å²) < 4.78 is 0. The molecule has 0 saturated carbocycles. The van der Waals surface area contributed by atoms with Gasteiger partial charge in [0.25, 0.3) is 0 Å². The lowest BCUT2D eigenvalue weighted by Crippen LogP contribution is -2.19. The number of Topliss-reactive ketones (excluding diaryl/α,β-unsaturated/α-hetero) is 1. The maximum atomic E-state index is 11.4. The highest BCUT2D eigenvalue weighted by atomic mass is 16.3. The minimum Gasteiger partial charge on any atom is -0.396 e. The molecule has 0 aliphatic rings. The Hall–Kier alpha value is -1.74. The number of aliphatic hydroxyl groups is 3. The fourth-order valence-electron chi connectivity index (χ4n) is 1.55. The van der Waals surface area contributed by atoms with E-state index in [0.717, 1.165) is 0 Å². The number of ketones is 1. The standard InChI is InChI=1S/C13H15NO4/c14-7-5-11(16)9-1-3-10(4-2-9)13(18)12(17)6-8-15/h1-4,12-13,15,17-18H,5-6,8H2. The van der Waals surface area contributed by atoms with Gasteiger partial charge in [-0.05, 0) is 12.0 Å². The molecular formula is C13H15NO4. The second kappa shape index (κ2) is 6.87. The largest absolute Gasteiger partial charge is 0.396 e. The maximum absolute atomic E-state index is 11.4. The highest BCUT2D eigenvalue weighted by molar-refractivity contribution is 5.97. The first-order valence-electron chi connectivity index (χ1n) is 5.57. The zero-order valence-electron chi connectivity index (χ0n) is 9.78. The molecule has 1 aromatic carbocycles. The van der Waals surface area contributed by atoms with Gasteiger partial charge in [-0.2, -0.15) is 5.26 Å². The fraction of sp³-hybridized carbons (Fsp3) is 0.385. The van der Waals surface area contributed by atoms with Crippen molar-refractivity contribution in [2.45, 2.75) is 25.0 Å². The molecule has 1 rings (SSSR count). The molecular weight excluding hydrogens is 234 g/mol. The quantitative estimate of drug-likeness (QED) is 0.639. The van der Waals surface area contributed by atoms with Crippen molar-refractivity contribution >= 4 is 5.78 Å². The Morgan fingerprint density at radius 3 is 2.39 bits per heavy atom.